The zero-order valence-corrected chi connectivity index (χ0v) is 10.1. The van der Waals surface area contributed by atoms with Crippen LogP contribution in [0.1, 0.15) is 11.6 Å². The second kappa shape index (κ2) is 5.64. The second-order valence-electron chi connectivity index (χ2n) is 4.07. The highest BCUT2D eigenvalue weighted by Gasteiger charge is 2.24. The number of nitrogens with zero attached hydrogens (tertiary/aromatic N) is 1. The van der Waals surface area contributed by atoms with Gasteiger partial charge in [-0.25, -0.2) is 0 Å². The van der Waals surface area contributed by atoms with Crippen LogP contribution in [0.5, 0.6) is 0 Å². The third kappa shape index (κ3) is 2.55. The zero-order chi connectivity index (χ0) is 11.4. The minimum absolute atomic E-state index is 0.353. The van der Waals surface area contributed by atoms with E-state index in [-0.39, 0.29) is 0 Å². The number of hydrogen-bond donors (Lipinski definition) is 2. The lowest BCUT2D eigenvalue weighted by Gasteiger charge is -2.36. The molecule has 88 valence electrons. The lowest BCUT2D eigenvalue weighted by Crippen LogP contribution is -2.47. The number of nitrogens with one attached hydrogen (secondary N) is 1. The van der Waals surface area contributed by atoms with Gasteiger partial charge in [0.15, 0.2) is 0 Å². The highest BCUT2D eigenvalue weighted by atomic mass is 35.5. The van der Waals surface area contributed by atoms with Gasteiger partial charge in [-0.1, -0.05) is 29.8 Å². The fourth-order valence-electron chi connectivity index (χ4n) is 2.23. The molecular weight excluding hydrogens is 222 g/mol. The Bertz CT molecular complexity index is 341. The molecule has 1 aromatic carbocycles. The van der Waals surface area contributed by atoms with Gasteiger partial charge in [-0.15, -0.1) is 0 Å². The lowest BCUT2D eigenvalue weighted by atomic mass is 10.0. The van der Waals surface area contributed by atoms with E-state index >= 15 is 0 Å². The molecule has 1 aliphatic heterocycles. The van der Waals surface area contributed by atoms with Crippen LogP contribution in [-0.4, -0.2) is 37.6 Å². The zero-order valence-electron chi connectivity index (χ0n) is 9.32. The Kier molecular flexibility index (Phi) is 4.18. The predicted octanol–water partition coefficient (Wildman–Crippen LogP) is 1.25. The maximum Gasteiger partial charge on any atom is 0.0488 e. The van der Waals surface area contributed by atoms with Crippen molar-refractivity contribution in [2.45, 2.75) is 6.04 Å². The van der Waals surface area contributed by atoms with Gasteiger partial charge in [0.1, 0.15) is 0 Å². The highest BCUT2D eigenvalue weighted by molar-refractivity contribution is 6.31. The largest absolute Gasteiger partial charge is 0.329 e. The number of benzene rings is 1. The van der Waals surface area contributed by atoms with Gasteiger partial charge >= 0.3 is 0 Å². The van der Waals surface area contributed by atoms with E-state index in [0.29, 0.717) is 12.6 Å². The first kappa shape index (κ1) is 11.9. The minimum atomic E-state index is 0.353. The number of hydrogen-bond acceptors (Lipinski definition) is 3. The third-order valence-corrected chi connectivity index (χ3v) is 3.38. The molecule has 0 amide bonds. The summed E-state index contributed by atoms with van der Waals surface area (Å²) in [6.07, 6.45) is 0. The quantitative estimate of drug-likeness (QED) is 0.834. The van der Waals surface area contributed by atoms with Gasteiger partial charge in [-0.05, 0) is 11.6 Å². The number of halogens is 1. The van der Waals surface area contributed by atoms with Crippen molar-refractivity contribution in [2.75, 3.05) is 32.7 Å². The Morgan fingerprint density at radius 3 is 3.00 bits per heavy atom. The molecule has 0 saturated carbocycles. The summed E-state index contributed by atoms with van der Waals surface area (Å²) in [4.78, 5) is 2.40. The SMILES string of the molecule is NCCN1CCNCC1c1ccccc1Cl. The molecular formula is C12H18ClN3. The van der Waals surface area contributed by atoms with Crippen molar-refractivity contribution in [2.24, 2.45) is 5.73 Å². The lowest BCUT2D eigenvalue weighted by molar-refractivity contribution is 0.167. The molecule has 0 aromatic heterocycles. The minimum Gasteiger partial charge on any atom is -0.329 e. The van der Waals surface area contributed by atoms with Crippen molar-refractivity contribution in [3.8, 4) is 0 Å². The van der Waals surface area contributed by atoms with Crippen LogP contribution in [0.4, 0.5) is 0 Å². The summed E-state index contributed by atoms with van der Waals surface area (Å²) in [5.74, 6) is 0. The van der Waals surface area contributed by atoms with Crippen LogP contribution in [0.3, 0.4) is 0 Å². The van der Waals surface area contributed by atoms with Gasteiger partial charge in [0, 0.05) is 43.8 Å². The molecule has 1 unspecified atom stereocenters. The summed E-state index contributed by atoms with van der Waals surface area (Å²) < 4.78 is 0. The van der Waals surface area contributed by atoms with Crippen LogP contribution in [0.15, 0.2) is 24.3 Å². The van der Waals surface area contributed by atoms with E-state index in [1.54, 1.807) is 0 Å². The van der Waals surface area contributed by atoms with Crippen molar-refractivity contribution in [3.05, 3.63) is 34.9 Å². The third-order valence-electron chi connectivity index (χ3n) is 3.03. The Morgan fingerprint density at radius 2 is 2.25 bits per heavy atom. The molecule has 0 aliphatic carbocycles. The average Bonchev–Trinajstić information content (AvgIpc) is 2.31. The Labute approximate surface area is 102 Å². The second-order valence-corrected chi connectivity index (χ2v) is 4.47. The molecule has 3 nitrogen and oxygen atoms in total. The Morgan fingerprint density at radius 1 is 1.44 bits per heavy atom. The molecule has 16 heavy (non-hydrogen) atoms. The van der Waals surface area contributed by atoms with E-state index in [1.807, 2.05) is 18.2 Å². The normalized spacial score (nSPS) is 22.2. The molecule has 1 atom stereocenters. The maximum absolute atomic E-state index is 6.24. The van der Waals surface area contributed by atoms with Gasteiger partial charge in [0.25, 0.3) is 0 Å². The van der Waals surface area contributed by atoms with Crippen molar-refractivity contribution in [3.63, 3.8) is 0 Å². The molecule has 2 rings (SSSR count). The molecule has 1 saturated heterocycles. The molecule has 1 fully saturated rings. The van der Waals surface area contributed by atoms with Crippen LogP contribution in [-0.2, 0) is 0 Å². The monoisotopic (exact) mass is 239 g/mol. The van der Waals surface area contributed by atoms with E-state index in [1.165, 1.54) is 5.56 Å². The molecule has 3 N–H and O–H groups in total. The molecule has 0 radical (unpaired) electrons. The van der Waals surface area contributed by atoms with Gasteiger partial charge in [-0.2, -0.15) is 0 Å². The summed E-state index contributed by atoms with van der Waals surface area (Å²) in [6.45, 7) is 4.64. The van der Waals surface area contributed by atoms with Crippen molar-refractivity contribution >= 4 is 11.6 Å². The Balaban J connectivity index is 2.19. The van der Waals surface area contributed by atoms with Crippen LogP contribution < -0.4 is 11.1 Å². The van der Waals surface area contributed by atoms with Crippen molar-refractivity contribution < 1.29 is 0 Å². The van der Waals surface area contributed by atoms with E-state index in [4.69, 9.17) is 17.3 Å². The predicted molar refractivity (Wildman–Crippen MR) is 67.7 cm³/mol. The van der Waals surface area contributed by atoms with Gasteiger partial charge < -0.3 is 11.1 Å². The van der Waals surface area contributed by atoms with Crippen LogP contribution in [0.25, 0.3) is 0 Å². The summed E-state index contributed by atoms with van der Waals surface area (Å²) in [5.41, 5.74) is 6.84. The summed E-state index contributed by atoms with van der Waals surface area (Å²) in [5, 5.41) is 4.25. The maximum atomic E-state index is 6.24. The van der Waals surface area contributed by atoms with Gasteiger partial charge in [0.2, 0.25) is 0 Å². The van der Waals surface area contributed by atoms with Gasteiger partial charge in [0.05, 0.1) is 0 Å². The first-order chi connectivity index (χ1) is 7.83. The van der Waals surface area contributed by atoms with E-state index in [0.717, 1.165) is 31.2 Å². The molecule has 1 aliphatic rings. The van der Waals surface area contributed by atoms with E-state index in [9.17, 15) is 0 Å². The summed E-state index contributed by atoms with van der Waals surface area (Å²) >= 11 is 6.24. The topological polar surface area (TPSA) is 41.3 Å². The van der Waals surface area contributed by atoms with E-state index in [2.05, 4.69) is 16.3 Å². The van der Waals surface area contributed by atoms with Crippen molar-refractivity contribution in [1.29, 1.82) is 0 Å². The van der Waals surface area contributed by atoms with Crippen LogP contribution in [0.2, 0.25) is 5.02 Å². The van der Waals surface area contributed by atoms with Gasteiger partial charge in [-0.3, -0.25) is 4.90 Å². The fourth-order valence-corrected chi connectivity index (χ4v) is 2.49. The van der Waals surface area contributed by atoms with E-state index < -0.39 is 0 Å². The highest BCUT2D eigenvalue weighted by Crippen LogP contribution is 2.27. The standard InChI is InChI=1S/C12H18ClN3/c13-11-4-2-1-3-10(11)12-9-15-6-8-16(12)7-5-14/h1-4,12,15H,5-9,14H2. The number of nitrogens with two attached hydrogens (primary N) is 1. The summed E-state index contributed by atoms with van der Waals surface area (Å²) in [6, 6.07) is 8.41. The van der Waals surface area contributed by atoms with Crippen molar-refractivity contribution in [1.82, 2.24) is 10.2 Å². The average molecular weight is 240 g/mol. The van der Waals surface area contributed by atoms with Crippen LogP contribution >= 0.6 is 11.6 Å². The fraction of sp³-hybridized carbons (Fsp3) is 0.500. The first-order valence-corrected chi connectivity index (χ1v) is 6.10. The van der Waals surface area contributed by atoms with Crippen LogP contribution in [0, 0.1) is 0 Å². The molecule has 1 aromatic rings. The molecule has 1 heterocycles. The molecule has 4 heteroatoms. The molecule has 0 bridgehead atoms. The number of rotatable bonds is 3. The molecule has 0 spiro atoms. The smallest absolute Gasteiger partial charge is 0.0488 e. The Hall–Kier alpha value is -0.610. The number of piperazine rings is 1. The first-order valence-electron chi connectivity index (χ1n) is 5.72. The summed E-state index contributed by atoms with van der Waals surface area (Å²) in [7, 11) is 0.